The van der Waals surface area contributed by atoms with Gasteiger partial charge in [0.05, 0.1) is 6.61 Å². The number of benzene rings is 2. The van der Waals surface area contributed by atoms with Gasteiger partial charge in [0.15, 0.2) is 0 Å². The highest BCUT2D eigenvalue weighted by atomic mass is 31.2. The normalized spacial score (nSPS) is 14.9. The molecule has 0 radical (unpaired) electrons. The Morgan fingerprint density at radius 3 is 2.65 bits per heavy atom. The summed E-state index contributed by atoms with van der Waals surface area (Å²) in [6, 6.07) is 14.2. The first-order valence-corrected chi connectivity index (χ1v) is 9.60. The Hall–Kier alpha value is -1.61. The van der Waals surface area contributed by atoms with Gasteiger partial charge in [-0.3, -0.25) is 4.52 Å². The van der Waals surface area contributed by atoms with E-state index >= 15 is 0 Å². The fourth-order valence-electron chi connectivity index (χ4n) is 2.87. The number of hydrogen-bond donors (Lipinski definition) is 1. The van der Waals surface area contributed by atoms with Gasteiger partial charge in [0.25, 0.3) is 0 Å². The molecular weight excluding hydrogens is 309 g/mol. The maximum Gasteiger partial charge on any atom is 0.458 e. The summed E-state index contributed by atoms with van der Waals surface area (Å²) in [5.74, 6) is 0.618. The second-order valence-corrected chi connectivity index (χ2v) is 7.31. The quantitative estimate of drug-likeness (QED) is 0.633. The highest BCUT2D eigenvalue weighted by Crippen LogP contribution is 2.50. The predicted octanol–water partition coefficient (Wildman–Crippen LogP) is 4.78. The van der Waals surface area contributed by atoms with Crippen LogP contribution in [-0.4, -0.2) is 13.2 Å². The van der Waals surface area contributed by atoms with Crippen molar-refractivity contribution in [2.45, 2.75) is 26.7 Å². The average Bonchev–Trinajstić information content (AvgIpc) is 2.93. The van der Waals surface area contributed by atoms with Gasteiger partial charge in [0.2, 0.25) is 0 Å². The molecule has 0 aliphatic heterocycles. The molecule has 23 heavy (non-hydrogen) atoms. The molecule has 2 aromatic rings. The summed E-state index contributed by atoms with van der Waals surface area (Å²) in [6.45, 7) is 4.78. The van der Waals surface area contributed by atoms with Crippen molar-refractivity contribution in [2.24, 2.45) is 0 Å². The third-order valence-electron chi connectivity index (χ3n) is 3.82. The summed E-state index contributed by atoms with van der Waals surface area (Å²) in [7, 11) is -3.35. The molecule has 5 heteroatoms. The van der Waals surface area contributed by atoms with Crippen LogP contribution >= 0.6 is 7.75 Å². The third-order valence-corrected chi connectivity index (χ3v) is 5.48. The standard InChI is InChI=1S/C18H22NO3P/c1-3-12-21-23(20,19-4-2)22-17-11-7-9-15-13-14-8-5-6-10-16(14)18(15)17/h5-11H,3-4,12-13H2,1-2H3,(H,19,20). The Kier molecular flexibility index (Phi) is 4.86. The van der Waals surface area contributed by atoms with E-state index in [1.165, 1.54) is 11.1 Å². The molecule has 0 fully saturated rings. The summed E-state index contributed by atoms with van der Waals surface area (Å²) >= 11 is 0. The maximum atomic E-state index is 12.9. The first-order valence-electron chi connectivity index (χ1n) is 8.06. The van der Waals surface area contributed by atoms with Gasteiger partial charge < -0.3 is 4.52 Å². The Morgan fingerprint density at radius 1 is 1.09 bits per heavy atom. The molecule has 1 aliphatic rings. The molecule has 3 rings (SSSR count). The highest BCUT2D eigenvalue weighted by Gasteiger charge is 2.29. The van der Waals surface area contributed by atoms with Gasteiger partial charge in [-0.2, -0.15) is 0 Å². The van der Waals surface area contributed by atoms with E-state index in [4.69, 9.17) is 9.05 Å². The average molecular weight is 331 g/mol. The van der Waals surface area contributed by atoms with Crippen LogP contribution in [0.25, 0.3) is 11.1 Å². The second kappa shape index (κ2) is 6.88. The summed E-state index contributed by atoms with van der Waals surface area (Å²) in [6.07, 6.45) is 1.67. The lowest BCUT2D eigenvalue weighted by atomic mass is 10.1. The summed E-state index contributed by atoms with van der Waals surface area (Å²) in [5, 5.41) is 2.87. The monoisotopic (exact) mass is 331 g/mol. The van der Waals surface area contributed by atoms with E-state index in [2.05, 4.69) is 23.3 Å². The summed E-state index contributed by atoms with van der Waals surface area (Å²) < 4.78 is 24.3. The van der Waals surface area contributed by atoms with Gasteiger partial charge in [0, 0.05) is 12.1 Å². The first-order chi connectivity index (χ1) is 11.2. The Labute approximate surface area is 137 Å². The van der Waals surface area contributed by atoms with Crippen LogP contribution in [-0.2, 0) is 15.5 Å². The van der Waals surface area contributed by atoms with Crippen molar-refractivity contribution in [2.75, 3.05) is 13.2 Å². The Balaban J connectivity index is 1.96. The zero-order valence-electron chi connectivity index (χ0n) is 13.5. The van der Waals surface area contributed by atoms with E-state index in [1.807, 2.05) is 38.1 Å². The van der Waals surface area contributed by atoms with E-state index in [1.54, 1.807) is 0 Å². The SMILES string of the molecule is CCCOP(=O)(NCC)Oc1cccc2c1-c1ccccc1C2. The van der Waals surface area contributed by atoms with Crippen LogP contribution in [0.3, 0.4) is 0 Å². The third kappa shape index (κ3) is 3.35. The molecular formula is C18H22NO3P. The molecule has 1 atom stereocenters. The minimum absolute atomic E-state index is 0.399. The molecule has 0 saturated carbocycles. The van der Waals surface area contributed by atoms with E-state index in [0.29, 0.717) is 18.9 Å². The lowest BCUT2D eigenvalue weighted by Gasteiger charge is -2.20. The predicted molar refractivity (Wildman–Crippen MR) is 92.8 cm³/mol. The van der Waals surface area contributed by atoms with Gasteiger partial charge in [-0.25, -0.2) is 9.65 Å². The van der Waals surface area contributed by atoms with Crippen molar-refractivity contribution in [3.05, 3.63) is 53.6 Å². The van der Waals surface area contributed by atoms with Gasteiger partial charge in [-0.15, -0.1) is 0 Å². The van der Waals surface area contributed by atoms with Gasteiger partial charge in [0.1, 0.15) is 5.75 Å². The van der Waals surface area contributed by atoms with E-state index < -0.39 is 7.75 Å². The Bertz CT molecular complexity index is 745. The van der Waals surface area contributed by atoms with Crippen LogP contribution in [0.15, 0.2) is 42.5 Å². The highest BCUT2D eigenvalue weighted by molar-refractivity contribution is 7.52. The van der Waals surface area contributed by atoms with Gasteiger partial charge in [-0.1, -0.05) is 50.2 Å². The van der Waals surface area contributed by atoms with Crippen molar-refractivity contribution in [3.63, 3.8) is 0 Å². The molecule has 122 valence electrons. The molecule has 1 unspecified atom stereocenters. The van der Waals surface area contributed by atoms with Gasteiger partial charge >= 0.3 is 7.75 Å². The van der Waals surface area contributed by atoms with Gasteiger partial charge in [-0.05, 0) is 35.6 Å². The van der Waals surface area contributed by atoms with Crippen molar-refractivity contribution in [3.8, 4) is 16.9 Å². The molecule has 2 aromatic carbocycles. The topological polar surface area (TPSA) is 47.6 Å². The van der Waals surface area contributed by atoms with E-state index in [9.17, 15) is 4.57 Å². The lowest BCUT2D eigenvalue weighted by Crippen LogP contribution is -2.16. The minimum atomic E-state index is -3.35. The number of fused-ring (bicyclic) bond motifs is 3. The van der Waals surface area contributed by atoms with Crippen molar-refractivity contribution in [1.29, 1.82) is 0 Å². The maximum absolute atomic E-state index is 12.9. The molecule has 0 bridgehead atoms. The molecule has 0 spiro atoms. The minimum Gasteiger partial charge on any atom is -0.413 e. The zero-order chi connectivity index (χ0) is 16.3. The van der Waals surface area contributed by atoms with Crippen LogP contribution < -0.4 is 9.61 Å². The van der Waals surface area contributed by atoms with Crippen LogP contribution in [0.5, 0.6) is 5.75 Å². The summed E-state index contributed by atoms with van der Waals surface area (Å²) in [5.41, 5.74) is 4.64. The van der Waals surface area contributed by atoms with E-state index in [-0.39, 0.29) is 0 Å². The van der Waals surface area contributed by atoms with Crippen molar-refractivity contribution < 1.29 is 13.6 Å². The van der Waals surface area contributed by atoms with Crippen LogP contribution in [0.1, 0.15) is 31.4 Å². The van der Waals surface area contributed by atoms with Crippen LogP contribution in [0.2, 0.25) is 0 Å². The fraction of sp³-hybridized carbons (Fsp3) is 0.333. The number of nitrogens with one attached hydrogen (secondary N) is 1. The molecule has 0 saturated heterocycles. The molecule has 0 amide bonds. The fourth-order valence-corrected chi connectivity index (χ4v) is 4.30. The second-order valence-electron chi connectivity index (χ2n) is 5.56. The lowest BCUT2D eigenvalue weighted by molar-refractivity contribution is 0.256. The van der Waals surface area contributed by atoms with Crippen molar-refractivity contribution >= 4 is 7.75 Å². The smallest absolute Gasteiger partial charge is 0.413 e. The molecule has 1 N–H and O–H groups in total. The van der Waals surface area contributed by atoms with Crippen LogP contribution in [0.4, 0.5) is 0 Å². The molecule has 4 nitrogen and oxygen atoms in total. The molecule has 0 heterocycles. The van der Waals surface area contributed by atoms with E-state index in [0.717, 1.165) is 24.0 Å². The summed E-state index contributed by atoms with van der Waals surface area (Å²) in [4.78, 5) is 0. The molecule has 0 aromatic heterocycles. The largest absolute Gasteiger partial charge is 0.458 e. The number of rotatable bonds is 7. The van der Waals surface area contributed by atoms with Crippen LogP contribution in [0, 0.1) is 0 Å². The molecule has 1 aliphatic carbocycles. The first kappa shape index (κ1) is 16.3. The van der Waals surface area contributed by atoms with Crippen molar-refractivity contribution in [1.82, 2.24) is 5.09 Å². The number of hydrogen-bond acceptors (Lipinski definition) is 3. The zero-order valence-corrected chi connectivity index (χ0v) is 14.4. The Morgan fingerprint density at radius 2 is 1.87 bits per heavy atom.